The number of hydrogen-bond acceptors (Lipinski definition) is 4. The minimum atomic E-state index is -0.203. The molecule has 2 aromatic rings. The van der Waals surface area contributed by atoms with Crippen LogP contribution in [0.2, 0.25) is 0 Å². The highest BCUT2D eigenvalue weighted by atomic mass is 16.2. The van der Waals surface area contributed by atoms with E-state index in [0.29, 0.717) is 11.5 Å². The first-order valence-corrected chi connectivity index (χ1v) is 8.93. The Hall–Kier alpha value is -3.02. The van der Waals surface area contributed by atoms with Crippen LogP contribution in [0.3, 0.4) is 0 Å². The molecule has 0 spiro atoms. The molecule has 2 atom stereocenters. The number of aliphatic imine (C=N–C) groups is 1. The number of aromatic nitrogens is 1. The Morgan fingerprint density at radius 2 is 1.62 bits per heavy atom. The summed E-state index contributed by atoms with van der Waals surface area (Å²) in [4.78, 5) is 34.4. The lowest BCUT2D eigenvalue weighted by atomic mass is 9.81. The van der Waals surface area contributed by atoms with Crippen molar-refractivity contribution in [2.24, 2.45) is 16.8 Å². The Labute approximate surface area is 151 Å². The summed E-state index contributed by atoms with van der Waals surface area (Å²) < 4.78 is 0. The van der Waals surface area contributed by atoms with Gasteiger partial charge in [0.15, 0.2) is 5.84 Å². The molecule has 2 amide bonds. The third-order valence-corrected chi connectivity index (χ3v) is 4.96. The van der Waals surface area contributed by atoms with Gasteiger partial charge in [0, 0.05) is 6.20 Å². The maximum atomic E-state index is 12.7. The molecule has 1 saturated carbocycles. The normalized spacial score (nSPS) is 23.1. The van der Waals surface area contributed by atoms with Crippen LogP contribution < -0.4 is 5.43 Å². The van der Waals surface area contributed by atoms with Crippen LogP contribution in [0.5, 0.6) is 0 Å². The molecule has 4 rings (SSSR count). The Morgan fingerprint density at radius 3 is 2.23 bits per heavy atom. The predicted molar refractivity (Wildman–Crippen MR) is 97.3 cm³/mol. The number of amides is 2. The van der Waals surface area contributed by atoms with Gasteiger partial charge in [0.2, 0.25) is 0 Å². The molecular formula is C20H20N4O2. The van der Waals surface area contributed by atoms with Crippen molar-refractivity contribution >= 4 is 23.3 Å². The van der Waals surface area contributed by atoms with Gasteiger partial charge in [0.1, 0.15) is 5.69 Å². The van der Waals surface area contributed by atoms with Gasteiger partial charge in [0.25, 0.3) is 11.8 Å². The van der Waals surface area contributed by atoms with E-state index in [9.17, 15) is 9.59 Å². The van der Waals surface area contributed by atoms with Crippen molar-refractivity contribution in [1.29, 1.82) is 0 Å². The van der Waals surface area contributed by atoms with Crippen LogP contribution in [0.25, 0.3) is 0 Å². The fourth-order valence-corrected chi connectivity index (χ4v) is 3.65. The Balaban J connectivity index is 1.66. The molecule has 1 aliphatic carbocycles. The summed E-state index contributed by atoms with van der Waals surface area (Å²) in [6, 6.07) is 14.8. The van der Waals surface area contributed by atoms with Crippen LogP contribution in [0.15, 0.2) is 59.7 Å². The number of carbonyl (C=O) groups excluding carboxylic acids is 2. The lowest BCUT2D eigenvalue weighted by Crippen LogP contribution is -2.47. The zero-order chi connectivity index (χ0) is 17.9. The molecule has 1 aliphatic heterocycles. The van der Waals surface area contributed by atoms with Crippen molar-refractivity contribution in [1.82, 2.24) is 15.4 Å². The highest BCUT2D eigenvalue weighted by Gasteiger charge is 2.48. The van der Waals surface area contributed by atoms with Gasteiger partial charge in [-0.15, -0.1) is 0 Å². The first kappa shape index (κ1) is 16.4. The van der Waals surface area contributed by atoms with Crippen molar-refractivity contribution in [2.45, 2.75) is 25.7 Å². The molecular weight excluding hydrogens is 328 g/mol. The van der Waals surface area contributed by atoms with Crippen LogP contribution >= 0.6 is 0 Å². The van der Waals surface area contributed by atoms with Crippen LogP contribution in [0, 0.1) is 11.8 Å². The van der Waals surface area contributed by atoms with Crippen LogP contribution in [-0.2, 0) is 9.59 Å². The number of rotatable bonds is 3. The van der Waals surface area contributed by atoms with Gasteiger partial charge >= 0.3 is 0 Å². The van der Waals surface area contributed by atoms with Crippen molar-refractivity contribution in [2.75, 3.05) is 0 Å². The van der Waals surface area contributed by atoms with Crippen molar-refractivity contribution < 1.29 is 9.59 Å². The Morgan fingerprint density at radius 1 is 0.962 bits per heavy atom. The monoisotopic (exact) mass is 348 g/mol. The molecule has 1 aromatic carbocycles. The molecule has 2 unspecified atom stereocenters. The molecule has 26 heavy (non-hydrogen) atoms. The van der Waals surface area contributed by atoms with Gasteiger partial charge in [-0.3, -0.25) is 20.0 Å². The standard InChI is InChI=1S/C20H20N4O2/c25-19-15-10-4-5-11-16(15)20(26)24(19)23-18(17-12-6-7-13-21-17)22-14-8-2-1-3-9-14/h1-3,6-9,12-13,15-16H,4-5,10-11H2,(H,22,23). The lowest BCUT2D eigenvalue weighted by molar-refractivity contribution is -0.142. The van der Waals surface area contributed by atoms with E-state index in [-0.39, 0.29) is 23.7 Å². The zero-order valence-electron chi connectivity index (χ0n) is 14.3. The fraction of sp³-hybridized carbons (Fsp3) is 0.300. The number of nitrogens with zero attached hydrogens (tertiary/aromatic N) is 3. The fourth-order valence-electron chi connectivity index (χ4n) is 3.65. The van der Waals surface area contributed by atoms with E-state index < -0.39 is 0 Å². The zero-order valence-corrected chi connectivity index (χ0v) is 14.3. The molecule has 1 saturated heterocycles. The SMILES string of the molecule is O=C1C2CCCCC2C(=O)N1NC(=Nc1ccccc1)c1ccccn1. The third kappa shape index (κ3) is 3.10. The van der Waals surface area contributed by atoms with Gasteiger partial charge in [-0.1, -0.05) is 37.1 Å². The molecule has 1 N–H and O–H groups in total. The van der Waals surface area contributed by atoms with Crippen LogP contribution in [-0.4, -0.2) is 27.6 Å². The number of benzene rings is 1. The number of para-hydroxylation sites is 1. The third-order valence-electron chi connectivity index (χ3n) is 4.96. The second-order valence-corrected chi connectivity index (χ2v) is 6.63. The smallest absolute Gasteiger partial charge is 0.252 e. The van der Waals surface area contributed by atoms with Gasteiger partial charge in [-0.05, 0) is 37.1 Å². The maximum absolute atomic E-state index is 12.7. The maximum Gasteiger partial charge on any atom is 0.252 e. The summed E-state index contributed by atoms with van der Waals surface area (Å²) in [7, 11) is 0. The summed E-state index contributed by atoms with van der Waals surface area (Å²) in [5, 5.41) is 1.15. The van der Waals surface area contributed by atoms with Gasteiger partial charge in [-0.2, -0.15) is 5.01 Å². The van der Waals surface area contributed by atoms with E-state index in [2.05, 4.69) is 15.4 Å². The van der Waals surface area contributed by atoms with Crippen molar-refractivity contribution in [3.05, 3.63) is 60.4 Å². The second-order valence-electron chi connectivity index (χ2n) is 6.63. The predicted octanol–water partition coefficient (Wildman–Crippen LogP) is 2.84. The molecule has 6 heteroatoms. The molecule has 1 aromatic heterocycles. The number of amidine groups is 1. The number of imide groups is 1. The number of carbonyl (C=O) groups is 2. The van der Waals surface area contributed by atoms with E-state index in [1.165, 1.54) is 0 Å². The summed E-state index contributed by atoms with van der Waals surface area (Å²) in [5.74, 6) is -0.333. The van der Waals surface area contributed by atoms with Gasteiger partial charge in [0.05, 0.1) is 17.5 Å². The number of hydrogen-bond donors (Lipinski definition) is 1. The first-order valence-electron chi connectivity index (χ1n) is 8.93. The molecule has 132 valence electrons. The number of hydrazine groups is 1. The summed E-state index contributed by atoms with van der Waals surface area (Å²) >= 11 is 0. The minimum Gasteiger partial charge on any atom is -0.272 e. The molecule has 0 bridgehead atoms. The summed E-state index contributed by atoms with van der Waals surface area (Å²) in [6.07, 6.45) is 5.22. The summed E-state index contributed by atoms with van der Waals surface area (Å²) in [6.45, 7) is 0. The highest BCUT2D eigenvalue weighted by Crippen LogP contribution is 2.37. The molecule has 2 heterocycles. The number of nitrogens with one attached hydrogen (secondary N) is 1. The van der Waals surface area contributed by atoms with E-state index in [1.807, 2.05) is 42.5 Å². The van der Waals surface area contributed by atoms with E-state index in [1.54, 1.807) is 12.3 Å². The quantitative estimate of drug-likeness (QED) is 0.526. The second kappa shape index (κ2) is 7.07. The van der Waals surface area contributed by atoms with Crippen molar-refractivity contribution in [3.8, 4) is 0 Å². The molecule has 0 radical (unpaired) electrons. The number of fused-ring (bicyclic) bond motifs is 1. The highest BCUT2D eigenvalue weighted by molar-refractivity contribution is 6.08. The largest absolute Gasteiger partial charge is 0.272 e. The topological polar surface area (TPSA) is 74.7 Å². The minimum absolute atomic E-state index is 0.156. The molecule has 2 fully saturated rings. The average molecular weight is 348 g/mol. The average Bonchev–Trinajstić information content (AvgIpc) is 2.94. The Bertz CT molecular complexity index is 811. The van der Waals surface area contributed by atoms with Gasteiger partial charge < -0.3 is 0 Å². The number of pyridine rings is 1. The first-order chi connectivity index (χ1) is 12.7. The Kier molecular flexibility index (Phi) is 4.48. The molecule has 2 aliphatic rings. The van der Waals surface area contributed by atoms with Crippen LogP contribution in [0.1, 0.15) is 31.4 Å². The van der Waals surface area contributed by atoms with Gasteiger partial charge in [-0.25, -0.2) is 4.99 Å². The van der Waals surface area contributed by atoms with E-state index >= 15 is 0 Å². The molecule has 6 nitrogen and oxygen atoms in total. The lowest BCUT2D eigenvalue weighted by Gasteiger charge is -2.19. The summed E-state index contributed by atoms with van der Waals surface area (Å²) in [5.41, 5.74) is 4.25. The van der Waals surface area contributed by atoms with Crippen LogP contribution in [0.4, 0.5) is 5.69 Å². The van der Waals surface area contributed by atoms with E-state index in [4.69, 9.17) is 0 Å². The van der Waals surface area contributed by atoms with E-state index in [0.717, 1.165) is 36.4 Å². The van der Waals surface area contributed by atoms with Crippen molar-refractivity contribution in [3.63, 3.8) is 0 Å².